The van der Waals surface area contributed by atoms with E-state index in [4.69, 9.17) is 9.47 Å². The molecule has 2 aliphatic rings. The Morgan fingerprint density at radius 3 is 2.24 bits per heavy atom. The maximum absolute atomic E-state index is 13.8. The van der Waals surface area contributed by atoms with E-state index in [1.807, 2.05) is 24.3 Å². The number of carbonyl (C=O) groups is 3. The van der Waals surface area contributed by atoms with E-state index in [1.165, 1.54) is 5.01 Å². The third-order valence-corrected chi connectivity index (χ3v) is 6.03. The quantitative estimate of drug-likeness (QED) is 0.398. The summed E-state index contributed by atoms with van der Waals surface area (Å²) in [6, 6.07) is 13.5. The van der Waals surface area contributed by atoms with Crippen molar-refractivity contribution in [1.82, 2.24) is 5.01 Å². The smallest absolute Gasteiger partial charge is 0.337 e. The van der Waals surface area contributed by atoms with Gasteiger partial charge in [0.25, 0.3) is 0 Å². The first-order valence-corrected chi connectivity index (χ1v) is 11.9. The van der Waals surface area contributed by atoms with Crippen LogP contribution in [0.1, 0.15) is 55.2 Å². The lowest BCUT2D eigenvalue weighted by Gasteiger charge is -2.31. The molecule has 0 aliphatic carbocycles. The molecule has 2 aromatic rings. The van der Waals surface area contributed by atoms with Gasteiger partial charge in [0.1, 0.15) is 11.6 Å². The van der Waals surface area contributed by atoms with E-state index in [9.17, 15) is 14.4 Å². The van der Waals surface area contributed by atoms with Gasteiger partial charge < -0.3 is 9.47 Å². The summed E-state index contributed by atoms with van der Waals surface area (Å²) in [6.07, 6.45) is 0.776. The summed E-state index contributed by atoms with van der Waals surface area (Å²) in [6.45, 7) is 6.90. The molecule has 8 heteroatoms. The summed E-state index contributed by atoms with van der Waals surface area (Å²) < 4.78 is 11.9. The number of halogens is 1. The second-order valence-electron chi connectivity index (χ2n) is 8.68. The maximum atomic E-state index is 13.8. The van der Waals surface area contributed by atoms with Crippen LogP contribution in [0.25, 0.3) is 0 Å². The third-order valence-electron chi connectivity index (χ3n) is 5.50. The van der Waals surface area contributed by atoms with Crippen LogP contribution >= 0.6 is 15.9 Å². The summed E-state index contributed by atoms with van der Waals surface area (Å²) in [4.78, 5) is 40.6. The molecule has 0 bridgehead atoms. The van der Waals surface area contributed by atoms with E-state index in [-0.39, 0.29) is 11.3 Å². The van der Waals surface area contributed by atoms with Crippen LogP contribution in [0.3, 0.4) is 0 Å². The fourth-order valence-electron chi connectivity index (χ4n) is 4.19. The fourth-order valence-corrected chi connectivity index (χ4v) is 4.45. The van der Waals surface area contributed by atoms with Crippen LogP contribution in [0.15, 0.2) is 69.4 Å². The number of Topliss-reactive ketones (excluding diaryl/α,β-unsaturated/α-hetero) is 1. The number of ether oxygens (including phenoxy) is 2. The molecule has 0 saturated heterocycles. The molecule has 7 nitrogen and oxygen atoms in total. The van der Waals surface area contributed by atoms with Crippen LogP contribution in [-0.2, 0) is 19.1 Å². The van der Waals surface area contributed by atoms with Gasteiger partial charge in [0.05, 0.1) is 30.0 Å². The number of hydrazone groups is 1. The average molecular weight is 525 g/mol. The van der Waals surface area contributed by atoms with Crippen LogP contribution in [0, 0.1) is 5.92 Å². The van der Waals surface area contributed by atoms with Crippen molar-refractivity contribution in [2.75, 3.05) is 0 Å². The Hall–Kier alpha value is -3.26. The topological polar surface area (TPSA) is 85.3 Å². The number of hydrogen-bond donors (Lipinski definition) is 0. The molecular weight excluding hydrogens is 500 g/mol. The summed E-state index contributed by atoms with van der Waals surface area (Å²) in [5, 5.41) is 5.97. The Balaban J connectivity index is 1.93. The zero-order chi connectivity index (χ0) is 24.6. The molecule has 0 radical (unpaired) electrons. The van der Waals surface area contributed by atoms with Crippen molar-refractivity contribution in [2.24, 2.45) is 11.0 Å². The number of esters is 2. The van der Waals surface area contributed by atoms with Gasteiger partial charge in [0.15, 0.2) is 0 Å². The van der Waals surface area contributed by atoms with Crippen molar-refractivity contribution in [3.05, 3.63) is 81.0 Å². The van der Waals surface area contributed by atoms with E-state index >= 15 is 0 Å². The van der Waals surface area contributed by atoms with Crippen LogP contribution in [0.4, 0.5) is 0 Å². The Morgan fingerprint density at radius 1 is 0.941 bits per heavy atom. The third kappa shape index (κ3) is 4.42. The Labute approximate surface area is 206 Å². The van der Waals surface area contributed by atoms with Gasteiger partial charge in [-0.1, -0.05) is 40.2 Å². The molecule has 0 N–H and O–H groups in total. The largest absolute Gasteiger partial charge is 0.462 e. The Morgan fingerprint density at radius 2 is 1.59 bits per heavy atom. The van der Waals surface area contributed by atoms with Gasteiger partial charge in [0.2, 0.25) is 5.78 Å². The van der Waals surface area contributed by atoms with Gasteiger partial charge in [-0.3, -0.25) is 14.6 Å². The van der Waals surface area contributed by atoms with Gasteiger partial charge in [-0.2, -0.15) is 5.10 Å². The first-order valence-electron chi connectivity index (χ1n) is 11.1. The molecule has 0 spiro atoms. The molecule has 2 heterocycles. The Kier molecular flexibility index (Phi) is 6.70. The summed E-state index contributed by atoms with van der Waals surface area (Å²) >= 11 is 3.37. The number of fused-ring (bicyclic) bond motifs is 3. The standard InChI is InChI=1S/C26H25BrN2O5/c1-14(2)33-25(31)20-21(26(32)34-15(3)4)23(24(30)16-9-11-18(27)12-10-16)29-22(20)19-8-6-5-7-17(19)13-28-29/h5-15,20,22H,1-4H3/t20-,22-/m0/s1. The van der Waals surface area contributed by atoms with Crippen LogP contribution in [0.5, 0.6) is 0 Å². The highest BCUT2D eigenvalue weighted by Gasteiger charge is 2.53. The molecule has 2 aromatic carbocycles. The fraction of sp³-hybridized carbons (Fsp3) is 0.308. The van der Waals surface area contributed by atoms with Crippen molar-refractivity contribution in [3.63, 3.8) is 0 Å². The predicted octanol–water partition coefficient (Wildman–Crippen LogP) is 4.81. The van der Waals surface area contributed by atoms with Crippen molar-refractivity contribution in [2.45, 2.75) is 45.9 Å². The second kappa shape index (κ2) is 9.54. The van der Waals surface area contributed by atoms with Gasteiger partial charge in [0, 0.05) is 10.0 Å². The monoisotopic (exact) mass is 524 g/mol. The van der Waals surface area contributed by atoms with E-state index in [2.05, 4.69) is 21.0 Å². The van der Waals surface area contributed by atoms with E-state index in [0.717, 1.165) is 15.6 Å². The van der Waals surface area contributed by atoms with Gasteiger partial charge in [-0.05, 0) is 63.1 Å². The highest BCUT2D eigenvalue weighted by Crippen LogP contribution is 2.48. The van der Waals surface area contributed by atoms with Crippen molar-refractivity contribution in [3.8, 4) is 0 Å². The number of ketones is 1. The highest BCUT2D eigenvalue weighted by atomic mass is 79.9. The number of rotatable bonds is 6. The molecule has 2 aliphatic heterocycles. The summed E-state index contributed by atoms with van der Waals surface area (Å²) in [5.41, 5.74) is 1.93. The number of allylic oxidation sites excluding steroid dienone is 1. The molecule has 0 unspecified atom stereocenters. The second-order valence-corrected chi connectivity index (χ2v) is 9.59. The Bertz CT molecular complexity index is 1200. The van der Waals surface area contributed by atoms with Gasteiger partial charge in [-0.15, -0.1) is 0 Å². The highest BCUT2D eigenvalue weighted by molar-refractivity contribution is 9.10. The van der Waals surface area contributed by atoms with E-state index in [0.29, 0.717) is 5.56 Å². The average Bonchev–Trinajstić information content (AvgIpc) is 3.14. The zero-order valence-electron chi connectivity index (χ0n) is 19.3. The van der Waals surface area contributed by atoms with Gasteiger partial charge in [-0.25, -0.2) is 4.79 Å². The number of benzene rings is 2. The molecule has 0 saturated carbocycles. The van der Waals surface area contributed by atoms with Crippen LogP contribution in [0.2, 0.25) is 0 Å². The van der Waals surface area contributed by atoms with E-state index in [1.54, 1.807) is 58.2 Å². The molecule has 0 aromatic heterocycles. The minimum absolute atomic E-state index is 0.0226. The molecule has 0 fully saturated rings. The van der Waals surface area contributed by atoms with E-state index < -0.39 is 41.9 Å². The lowest BCUT2D eigenvalue weighted by atomic mass is 9.86. The zero-order valence-corrected chi connectivity index (χ0v) is 20.9. The summed E-state index contributed by atoms with van der Waals surface area (Å²) in [7, 11) is 0. The lowest BCUT2D eigenvalue weighted by Crippen LogP contribution is -2.34. The first-order chi connectivity index (χ1) is 16.2. The minimum atomic E-state index is -1.08. The molecule has 2 atom stereocenters. The molecule has 4 rings (SSSR count). The molecule has 34 heavy (non-hydrogen) atoms. The first kappa shape index (κ1) is 23.9. The molecular formula is C26H25BrN2O5. The number of nitrogens with zero attached hydrogens (tertiary/aromatic N) is 2. The van der Waals surface area contributed by atoms with Crippen molar-refractivity contribution in [1.29, 1.82) is 0 Å². The van der Waals surface area contributed by atoms with Gasteiger partial charge >= 0.3 is 11.9 Å². The minimum Gasteiger partial charge on any atom is -0.462 e. The normalized spacial score (nSPS) is 18.7. The van der Waals surface area contributed by atoms with Crippen LogP contribution < -0.4 is 0 Å². The van der Waals surface area contributed by atoms with Crippen molar-refractivity contribution >= 4 is 39.9 Å². The predicted molar refractivity (Wildman–Crippen MR) is 130 cm³/mol. The summed E-state index contributed by atoms with van der Waals surface area (Å²) in [5.74, 6) is -2.85. The lowest BCUT2D eigenvalue weighted by molar-refractivity contribution is -0.155. The van der Waals surface area contributed by atoms with Crippen LogP contribution in [-0.4, -0.2) is 41.2 Å². The molecule has 176 valence electrons. The van der Waals surface area contributed by atoms with Crippen molar-refractivity contribution < 1.29 is 23.9 Å². The maximum Gasteiger partial charge on any atom is 0.337 e. The SMILES string of the molecule is CC(C)OC(=O)C1=C(C(=O)c2ccc(Br)cc2)N2N=Cc3ccccc3[C@H]2[C@H]1C(=O)OC(C)C. The number of carbonyl (C=O) groups excluding carboxylic acids is 3. The molecule has 0 amide bonds. The number of hydrogen-bond acceptors (Lipinski definition) is 7.